The Morgan fingerprint density at radius 3 is 2.50 bits per heavy atom. The molecule has 1 amide bonds. The third kappa shape index (κ3) is 6.14. The molecule has 1 aliphatic rings. The van der Waals surface area contributed by atoms with Gasteiger partial charge in [-0.05, 0) is 12.5 Å². The number of benzene rings is 1. The molecule has 2 N–H and O–H groups in total. The molecule has 1 aliphatic heterocycles. The van der Waals surface area contributed by atoms with Gasteiger partial charge < -0.3 is 25.0 Å². The number of amides is 1. The second-order valence-corrected chi connectivity index (χ2v) is 8.32. The molecule has 2 aromatic heterocycles. The minimum Gasteiger partial charge on any atom is -0.480 e. The van der Waals surface area contributed by atoms with Crippen LogP contribution in [-0.2, 0) is 22.7 Å². The zero-order valence-electron chi connectivity index (χ0n) is 19.8. The van der Waals surface area contributed by atoms with Crippen LogP contribution < -0.4 is 20.8 Å². The standard InChI is InChI=1S/C24H27N7O5/c1-17-14-31(15-19(22(32)33)27-24(35)36-16-18-5-3-2-4-6-18)23(34)28-21(17)30-11-9-29(10-12-30)20-13-25-7-8-26-20/h2-8,13-14,19H,9-12,15-16H2,1H3,(H,27,35)(H,32,33)/t19-/m0/s1. The third-order valence-corrected chi connectivity index (χ3v) is 5.78. The minimum atomic E-state index is -1.37. The van der Waals surface area contributed by atoms with E-state index in [0.29, 0.717) is 32.0 Å². The number of carbonyl (C=O) groups is 2. The first-order valence-electron chi connectivity index (χ1n) is 11.4. The van der Waals surface area contributed by atoms with E-state index in [2.05, 4.69) is 25.2 Å². The zero-order chi connectivity index (χ0) is 25.5. The van der Waals surface area contributed by atoms with E-state index in [1.807, 2.05) is 17.9 Å². The summed E-state index contributed by atoms with van der Waals surface area (Å²) in [5.41, 5.74) is 0.889. The van der Waals surface area contributed by atoms with E-state index in [0.717, 1.165) is 16.9 Å². The number of alkyl carbamates (subject to hydrolysis) is 1. The molecule has 12 nitrogen and oxygen atoms in total. The van der Waals surface area contributed by atoms with E-state index in [4.69, 9.17) is 4.74 Å². The van der Waals surface area contributed by atoms with Crippen LogP contribution in [0.4, 0.5) is 16.4 Å². The van der Waals surface area contributed by atoms with Crippen molar-refractivity contribution in [3.05, 3.63) is 76.7 Å². The molecular weight excluding hydrogens is 466 g/mol. The van der Waals surface area contributed by atoms with Crippen molar-refractivity contribution in [1.29, 1.82) is 0 Å². The predicted molar refractivity (Wildman–Crippen MR) is 131 cm³/mol. The van der Waals surface area contributed by atoms with Crippen molar-refractivity contribution in [3.8, 4) is 0 Å². The van der Waals surface area contributed by atoms with Crippen LogP contribution in [0.25, 0.3) is 0 Å². The van der Waals surface area contributed by atoms with Gasteiger partial charge in [-0.25, -0.2) is 19.4 Å². The van der Waals surface area contributed by atoms with E-state index < -0.39 is 23.8 Å². The highest BCUT2D eigenvalue weighted by Gasteiger charge is 2.24. The monoisotopic (exact) mass is 493 g/mol. The van der Waals surface area contributed by atoms with E-state index in [1.165, 1.54) is 4.57 Å². The number of anilines is 2. The highest BCUT2D eigenvalue weighted by molar-refractivity contribution is 5.79. The fraction of sp³-hybridized carbons (Fsp3) is 0.333. The summed E-state index contributed by atoms with van der Waals surface area (Å²) >= 11 is 0. The summed E-state index contributed by atoms with van der Waals surface area (Å²) in [7, 11) is 0. The molecular formula is C24H27N7O5. The quantitative estimate of drug-likeness (QED) is 0.467. The maximum absolute atomic E-state index is 12.7. The zero-order valence-corrected chi connectivity index (χ0v) is 19.8. The SMILES string of the molecule is Cc1cn(C[C@H](NC(=O)OCc2ccccc2)C(=O)O)c(=O)nc1N1CCN(c2cnccn2)CC1. The first-order chi connectivity index (χ1) is 17.4. The van der Waals surface area contributed by atoms with Crippen LogP contribution in [0, 0.1) is 6.92 Å². The predicted octanol–water partition coefficient (Wildman–Crippen LogP) is 1.05. The van der Waals surface area contributed by atoms with Gasteiger partial charge in [0, 0.05) is 50.3 Å². The highest BCUT2D eigenvalue weighted by atomic mass is 16.5. The summed E-state index contributed by atoms with van der Waals surface area (Å²) in [6, 6.07) is 7.65. The normalized spacial score (nSPS) is 14.2. The largest absolute Gasteiger partial charge is 0.480 e. The number of hydrogen-bond acceptors (Lipinski definition) is 9. The molecule has 3 heterocycles. The van der Waals surface area contributed by atoms with Crippen molar-refractivity contribution < 1.29 is 19.4 Å². The molecule has 188 valence electrons. The fourth-order valence-electron chi connectivity index (χ4n) is 3.93. The van der Waals surface area contributed by atoms with Crippen molar-refractivity contribution in [1.82, 2.24) is 24.8 Å². The Morgan fingerprint density at radius 2 is 1.83 bits per heavy atom. The maximum atomic E-state index is 12.7. The van der Waals surface area contributed by atoms with E-state index >= 15 is 0 Å². The lowest BCUT2D eigenvalue weighted by Gasteiger charge is -2.36. The van der Waals surface area contributed by atoms with Crippen molar-refractivity contribution in [2.45, 2.75) is 26.1 Å². The molecule has 0 unspecified atom stereocenters. The first-order valence-corrected chi connectivity index (χ1v) is 11.4. The van der Waals surface area contributed by atoms with Gasteiger partial charge >= 0.3 is 17.8 Å². The Hall–Kier alpha value is -4.48. The first kappa shape index (κ1) is 24.6. The second-order valence-electron chi connectivity index (χ2n) is 8.32. The van der Waals surface area contributed by atoms with Gasteiger partial charge in [0.15, 0.2) is 0 Å². The molecule has 3 aromatic rings. The minimum absolute atomic E-state index is 0.00156. The van der Waals surface area contributed by atoms with Crippen LogP contribution in [0.5, 0.6) is 0 Å². The van der Waals surface area contributed by atoms with Crippen LogP contribution in [0.3, 0.4) is 0 Å². The van der Waals surface area contributed by atoms with Gasteiger partial charge in [0.25, 0.3) is 0 Å². The average molecular weight is 494 g/mol. The molecule has 12 heteroatoms. The summed E-state index contributed by atoms with van der Waals surface area (Å²) in [6.07, 6.45) is 5.66. The number of aryl methyl sites for hydroxylation is 1. The number of carbonyl (C=O) groups excluding carboxylic acids is 1. The summed E-state index contributed by atoms with van der Waals surface area (Å²) in [5, 5.41) is 11.9. The topological polar surface area (TPSA) is 143 Å². The van der Waals surface area contributed by atoms with E-state index in [1.54, 1.807) is 49.1 Å². The molecule has 1 atom stereocenters. The Balaban J connectivity index is 1.38. The Kier molecular flexibility index (Phi) is 7.73. The van der Waals surface area contributed by atoms with Gasteiger partial charge in [-0.2, -0.15) is 4.98 Å². The average Bonchev–Trinajstić information content (AvgIpc) is 2.90. The number of hydrogen-bond donors (Lipinski definition) is 2. The number of aromatic nitrogens is 4. The number of rotatable bonds is 8. The van der Waals surface area contributed by atoms with Crippen LogP contribution >= 0.6 is 0 Å². The van der Waals surface area contributed by atoms with Gasteiger partial charge in [-0.15, -0.1) is 0 Å². The molecule has 0 bridgehead atoms. The van der Waals surface area contributed by atoms with Gasteiger partial charge in [0.05, 0.1) is 12.7 Å². The van der Waals surface area contributed by atoms with Gasteiger partial charge in [0.2, 0.25) is 0 Å². The van der Waals surface area contributed by atoms with Gasteiger partial charge in [0.1, 0.15) is 24.3 Å². The number of nitrogens with zero attached hydrogens (tertiary/aromatic N) is 6. The molecule has 0 radical (unpaired) electrons. The Morgan fingerprint density at radius 1 is 1.11 bits per heavy atom. The molecule has 1 fully saturated rings. The molecule has 36 heavy (non-hydrogen) atoms. The van der Waals surface area contributed by atoms with E-state index in [9.17, 15) is 19.5 Å². The number of carboxylic acid groups (broad SMARTS) is 1. The molecule has 1 aromatic carbocycles. The van der Waals surface area contributed by atoms with E-state index in [-0.39, 0.29) is 13.2 Å². The molecule has 4 rings (SSSR count). The maximum Gasteiger partial charge on any atom is 0.408 e. The lowest BCUT2D eigenvalue weighted by Crippen LogP contribution is -2.48. The third-order valence-electron chi connectivity index (χ3n) is 5.78. The molecule has 0 aliphatic carbocycles. The summed E-state index contributed by atoms with van der Waals surface area (Å²) in [4.78, 5) is 53.4. The van der Waals surface area contributed by atoms with Crippen LogP contribution in [-0.4, -0.2) is 68.9 Å². The van der Waals surface area contributed by atoms with Crippen molar-refractivity contribution >= 4 is 23.7 Å². The second kappa shape index (κ2) is 11.3. The number of aliphatic carboxylic acids is 1. The van der Waals surface area contributed by atoms with Crippen molar-refractivity contribution in [2.75, 3.05) is 36.0 Å². The van der Waals surface area contributed by atoms with Crippen LogP contribution in [0.15, 0.2) is 59.9 Å². The smallest absolute Gasteiger partial charge is 0.408 e. The Labute approximate surface area is 207 Å². The lowest BCUT2D eigenvalue weighted by molar-refractivity contribution is -0.139. The fourth-order valence-corrected chi connectivity index (χ4v) is 3.93. The summed E-state index contributed by atoms with van der Waals surface area (Å²) < 4.78 is 6.29. The van der Waals surface area contributed by atoms with Crippen LogP contribution in [0.1, 0.15) is 11.1 Å². The summed E-state index contributed by atoms with van der Waals surface area (Å²) in [5.74, 6) is 0.0596. The molecule has 0 saturated carbocycles. The van der Waals surface area contributed by atoms with Crippen molar-refractivity contribution in [2.24, 2.45) is 0 Å². The Bertz CT molecular complexity index is 1240. The number of piperazine rings is 1. The van der Waals surface area contributed by atoms with Crippen molar-refractivity contribution in [3.63, 3.8) is 0 Å². The number of nitrogens with one attached hydrogen (secondary N) is 1. The number of ether oxygens (including phenoxy) is 1. The van der Waals surface area contributed by atoms with Gasteiger partial charge in [-0.1, -0.05) is 30.3 Å². The summed E-state index contributed by atoms with van der Waals surface area (Å²) in [6.45, 7) is 4.19. The lowest BCUT2D eigenvalue weighted by atomic mass is 10.2. The van der Waals surface area contributed by atoms with Crippen LogP contribution in [0.2, 0.25) is 0 Å². The number of carboxylic acids is 1. The highest BCUT2D eigenvalue weighted by Crippen LogP contribution is 2.19. The molecule has 1 saturated heterocycles. The van der Waals surface area contributed by atoms with Gasteiger partial charge in [-0.3, -0.25) is 9.55 Å². The molecule has 0 spiro atoms.